The highest BCUT2D eigenvalue weighted by Gasteiger charge is 2.21. The van der Waals surface area contributed by atoms with Crippen molar-refractivity contribution >= 4 is 17.9 Å². The number of carbonyl (C=O) groups is 1. The van der Waals surface area contributed by atoms with E-state index in [2.05, 4.69) is 0 Å². The maximum absolute atomic E-state index is 13.1. The molecular weight excluding hydrogens is 368 g/mol. The minimum Gasteiger partial charge on any atom is -0.497 e. The maximum atomic E-state index is 13.1. The fourth-order valence-electron chi connectivity index (χ4n) is 3.45. The molecule has 0 spiro atoms. The molecule has 1 saturated carbocycles. The van der Waals surface area contributed by atoms with Gasteiger partial charge < -0.3 is 18.9 Å². The zero-order valence-corrected chi connectivity index (χ0v) is 17.3. The number of hydrogen-bond acceptors (Lipinski definition) is 5. The van der Waals surface area contributed by atoms with E-state index in [0.29, 0.717) is 23.0 Å². The Morgan fingerprint density at radius 3 is 2.07 bits per heavy atom. The van der Waals surface area contributed by atoms with Crippen LogP contribution < -0.4 is 18.9 Å². The Kier molecular flexibility index (Phi) is 6.60. The molecule has 1 fully saturated rings. The van der Waals surface area contributed by atoms with Gasteiger partial charge in [-0.2, -0.15) is 0 Å². The zero-order valence-electron chi connectivity index (χ0n) is 17.3. The van der Waals surface area contributed by atoms with E-state index in [0.717, 1.165) is 41.5 Å². The smallest absolute Gasteiger partial charge is 0.185 e. The number of rotatable bonds is 6. The van der Waals surface area contributed by atoms with Crippen LogP contribution in [0.15, 0.2) is 47.5 Å². The molecule has 5 nitrogen and oxygen atoms in total. The number of ketones is 1. The van der Waals surface area contributed by atoms with Crippen molar-refractivity contribution in [2.45, 2.75) is 19.3 Å². The second-order valence-electron chi connectivity index (χ2n) is 6.74. The molecule has 1 aliphatic carbocycles. The van der Waals surface area contributed by atoms with Crippen LogP contribution in [-0.4, -0.2) is 34.2 Å². The predicted molar refractivity (Wildman–Crippen MR) is 114 cm³/mol. The third-order valence-corrected chi connectivity index (χ3v) is 4.99. The Morgan fingerprint density at radius 2 is 1.41 bits per heavy atom. The molecule has 29 heavy (non-hydrogen) atoms. The van der Waals surface area contributed by atoms with Gasteiger partial charge in [0.25, 0.3) is 0 Å². The number of Topliss-reactive ketones (excluding diaryl/α,β-unsaturated/α-hetero) is 1. The third-order valence-electron chi connectivity index (χ3n) is 4.99. The van der Waals surface area contributed by atoms with Crippen LogP contribution in [0.1, 0.15) is 30.4 Å². The summed E-state index contributed by atoms with van der Waals surface area (Å²) >= 11 is 0. The van der Waals surface area contributed by atoms with Crippen LogP contribution in [0.2, 0.25) is 0 Å². The molecule has 1 aliphatic rings. The molecule has 0 saturated heterocycles. The molecule has 152 valence electrons. The van der Waals surface area contributed by atoms with Crippen LogP contribution in [0.4, 0.5) is 0 Å². The summed E-state index contributed by atoms with van der Waals surface area (Å²) in [4.78, 5) is 13.1. The highest BCUT2D eigenvalue weighted by molar-refractivity contribution is 6.14. The van der Waals surface area contributed by atoms with E-state index in [1.54, 1.807) is 28.4 Å². The fourth-order valence-corrected chi connectivity index (χ4v) is 3.45. The second-order valence-corrected chi connectivity index (χ2v) is 6.74. The fraction of sp³-hybridized carbons (Fsp3) is 0.292. The summed E-state index contributed by atoms with van der Waals surface area (Å²) < 4.78 is 21.3. The summed E-state index contributed by atoms with van der Waals surface area (Å²) in [7, 11) is 6.43. The first kappa shape index (κ1) is 20.5. The van der Waals surface area contributed by atoms with Crippen molar-refractivity contribution in [2.24, 2.45) is 0 Å². The van der Waals surface area contributed by atoms with Crippen molar-refractivity contribution in [3.63, 3.8) is 0 Å². The highest BCUT2D eigenvalue weighted by Crippen LogP contribution is 2.33. The number of allylic oxidation sites excluding steroid dienone is 2. The molecule has 0 radical (unpaired) electrons. The minimum absolute atomic E-state index is 0.0731. The molecule has 2 aromatic carbocycles. The molecule has 0 heterocycles. The summed E-state index contributed by atoms with van der Waals surface area (Å²) in [5.41, 5.74) is 3.35. The van der Waals surface area contributed by atoms with Crippen molar-refractivity contribution in [1.82, 2.24) is 0 Å². The molecule has 0 atom stereocenters. The van der Waals surface area contributed by atoms with Crippen molar-refractivity contribution in [3.8, 4) is 23.0 Å². The van der Waals surface area contributed by atoms with Gasteiger partial charge >= 0.3 is 0 Å². The van der Waals surface area contributed by atoms with Gasteiger partial charge in [0.2, 0.25) is 0 Å². The van der Waals surface area contributed by atoms with Crippen LogP contribution in [0, 0.1) is 0 Å². The molecule has 0 aliphatic heterocycles. The molecule has 0 bridgehead atoms. The largest absolute Gasteiger partial charge is 0.497 e. The van der Waals surface area contributed by atoms with Crippen LogP contribution in [0.5, 0.6) is 23.0 Å². The molecule has 0 amide bonds. The van der Waals surface area contributed by atoms with Gasteiger partial charge in [-0.1, -0.05) is 6.07 Å². The van der Waals surface area contributed by atoms with Crippen LogP contribution >= 0.6 is 0 Å². The van der Waals surface area contributed by atoms with E-state index in [4.69, 9.17) is 18.9 Å². The SMILES string of the molecule is COc1ccc(/C=C2\CCC/C(=C\c3ccc(OC)c(OC)c3)C2=O)c(OC)c1. The van der Waals surface area contributed by atoms with Gasteiger partial charge in [0.05, 0.1) is 28.4 Å². The van der Waals surface area contributed by atoms with Gasteiger partial charge in [-0.25, -0.2) is 0 Å². The average Bonchev–Trinajstić information content (AvgIpc) is 2.76. The van der Waals surface area contributed by atoms with Crippen LogP contribution in [0.25, 0.3) is 12.2 Å². The average molecular weight is 394 g/mol. The summed E-state index contributed by atoms with van der Waals surface area (Å²) in [6.45, 7) is 0. The van der Waals surface area contributed by atoms with Crippen molar-refractivity contribution in [1.29, 1.82) is 0 Å². The standard InChI is InChI=1S/C24H26O5/c1-26-20-10-9-17(22(15-20)28-3)14-19-7-5-6-18(24(19)25)12-16-8-11-21(27-2)23(13-16)29-4/h8-15H,5-7H2,1-4H3/b18-12+,19-14+. The van der Waals surface area contributed by atoms with Gasteiger partial charge in [0, 0.05) is 22.8 Å². The molecule has 0 N–H and O–H groups in total. The molecule has 0 aromatic heterocycles. The van der Waals surface area contributed by atoms with E-state index in [-0.39, 0.29) is 5.78 Å². The van der Waals surface area contributed by atoms with Crippen molar-refractivity contribution in [3.05, 3.63) is 58.7 Å². The lowest BCUT2D eigenvalue weighted by atomic mass is 9.86. The zero-order chi connectivity index (χ0) is 20.8. The lowest BCUT2D eigenvalue weighted by Gasteiger charge is -2.17. The van der Waals surface area contributed by atoms with E-state index in [1.165, 1.54) is 0 Å². The summed E-state index contributed by atoms with van der Waals surface area (Å²) in [6.07, 6.45) is 6.28. The van der Waals surface area contributed by atoms with Crippen molar-refractivity contribution < 1.29 is 23.7 Å². The predicted octanol–water partition coefficient (Wildman–Crippen LogP) is 4.94. The minimum atomic E-state index is 0.0731. The first-order valence-electron chi connectivity index (χ1n) is 9.49. The second kappa shape index (κ2) is 9.32. The lowest BCUT2D eigenvalue weighted by Crippen LogP contribution is -2.12. The Labute approximate surface area is 171 Å². The highest BCUT2D eigenvalue weighted by atomic mass is 16.5. The van der Waals surface area contributed by atoms with Gasteiger partial charge in [-0.05, 0) is 61.2 Å². The number of ether oxygens (including phenoxy) is 4. The first-order chi connectivity index (χ1) is 14.1. The topological polar surface area (TPSA) is 54.0 Å². The molecule has 2 aromatic rings. The van der Waals surface area contributed by atoms with Gasteiger partial charge in [0.15, 0.2) is 17.3 Å². The monoisotopic (exact) mass is 394 g/mol. The number of methoxy groups -OCH3 is 4. The summed E-state index contributed by atoms with van der Waals surface area (Å²) in [5, 5.41) is 0. The van der Waals surface area contributed by atoms with E-state index in [9.17, 15) is 4.79 Å². The van der Waals surface area contributed by atoms with E-state index >= 15 is 0 Å². The summed E-state index contributed by atoms with van der Waals surface area (Å²) in [5.74, 6) is 2.78. The van der Waals surface area contributed by atoms with Gasteiger partial charge in [-0.15, -0.1) is 0 Å². The molecule has 0 unspecified atom stereocenters. The Morgan fingerprint density at radius 1 is 0.724 bits per heavy atom. The van der Waals surface area contributed by atoms with E-state index < -0.39 is 0 Å². The Balaban J connectivity index is 1.91. The van der Waals surface area contributed by atoms with E-state index in [1.807, 2.05) is 48.6 Å². The van der Waals surface area contributed by atoms with Crippen molar-refractivity contribution in [2.75, 3.05) is 28.4 Å². The molecule has 3 rings (SSSR count). The van der Waals surface area contributed by atoms with Crippen LogP contribution in [-0.2, 0) is 4.79 Å². The molecule has 5 heteroatoms. The van der Waals surface area contributed by atoms with Gasteiger partial charge in [0.1, 0.15) is 11.5 Å². The Hall–Kier alpha value is -3.21. The van der Waals surface area contributed by atoms with Crippen LogP contribution in [0.3, 0.4) is 0 Å². The lowest BCUT2D eigenvalue weighted by molar-refractivity contribution is -0.112. The number of benzene rings is 2. The summed E-state index contributed by atoms with van der Waals surface area (Å²) in [6, 6.07) is 11.2. The Bertz CT molecular complexity index is 956. The molecular formula is C24H26O5. The quantitative estimate of drug-likeness (QED) is 0.650. The maximum Gasteiger partial charge on any atom is 0.185 e. The number of hydrogen-bond donors (Lipinski definition) is 0. The third kappa shape index (κ3) is 4.62. The first-order valence-corrected chi connectivity index (χ1v) is 9.49. The normalized spacial score (nSPS) is 16.8. The van der Waals surface area contributed by atoms with Gasteiger partial charge in [-0.3, -0.25) is 4.79 Å². The number of carbonyl (C=O) groups excluding carboxylic acids is 1.